The number of hydrogen-bond acceptors (Lipinski definition) is 4. The average molecular weight is 511 g/mol. The van der Waals surface area contributed by atoms with E-state index < -0.39 is 6.10 Å². The minimum absolute atomic E-state index is 0. The smallest absolute Gasteiger partial charge is 0.191 e. The molecule has 3 aromatic rings. The van der Waals surface area contributed by atoms with Crippen LogP contribution in [0, 0.1) is 6.92 Å². The standard InChI is InChI=1S/C21H25N3O2S.HI/c1-16-5-2-6-17(13-16)20(25)15-24-21(23-14-19-8-4-12-27-19)22-10-9-18-7-3-11-26-18;/h2-8,11-13,20,25H,9-10,14-15H2,1H3,(H2,22,23,24);1H. The van der Waals surface area contributed by atoms with E-state index in [0.29, 0.717) is 25.6 Å². The van der Waals surface area contributed by atoms with Gasteiger partial charge in [-0.25, -0.2) is 4.99 Å². The molecule has 3 rings (SSSR count). The lowest BCUT2D eigenvalue weighted by Gasteiger charge is -2.16. The van der Waals surface area contributed by atoms with E-state index in [1.807, 2.05) is 54.8 Å². The zero-order chi connectivity index (χ0) is 18.9. The maximum absolute atomic E-state index is 10.5. The van der Waals surface area contributed by atoms with Crippen LogP contribution in [-0.2, 0) is 13.0 Å². The molecule has 0 radical (unpaired) electrons. The number of hydrogen-bond donors (Lipinski definition) is 3. The minimum atomic E-state index is -0.594. The summed E-state index contributed by atoms with van der Waals surface area (Å²) in [7, 11) is 0. The largest absolute Gasteiger partial charge is 0.469 e. The molecule has 0 saturated carbocycles. The molecular weight excluding hydrogens is 485 g/mol. The van der Waals surface area contributed by atoms with Crippen LogP contribution >= 0.6 is 35.3 Å². The van der Waals surface area contributed by atoms with Gasteiger partial charge in [0.05, 0.1) is 18.9 Å². The van der Waals surface area contributed by atoms with Crippen LogP contribution in [0.25, 0.3) is 0 Å². The van der Waals surface area contributed by atoms with Crippen LogP contribution < -0.4 is 10.6 Å². The summed E-state index contributed by atoms with van der Waals surface area (Å²) in [6, 6.07) is 15.8. The molecule has 0 amide bonds. The number of nitrogens with zero attached hydrogens (tertiary/aromatic N) is 1. The monoisotopic (exact) mass is 511 g/mol. The molecular formula is C21H26IN3O2S. The van der Waals surface area contributed by atoms with Gasteiger partial charge in [-0.05, 0) is 36.1 Å². The first kappa shape index (κ1) is 22.4. The molecule has 2 heterocycles. The predicted molar refractivity (Wildman–Crippen MR) is 125 cm³/mol. The first-order valence-corrected chi connectivity index (χ1v) is 9.90. The van der Waals surface area contributed by atoms with Gasteiger partial charge in [0, 0.05) is 24.4 Å². The van der Waals surface area contributed by atoms with Crippen LogP contribution in [0.15, 0.2) is 69.6 Å². The first-order valence-electron chi connectivity index (χ1n) is 9.02. The number of aliphatic hydroxyl groups excluding tert-OH is 1. The summed E-state index contributed by atoms with van der Waals surface area (Å²) in [5.74, 6) is 1.61. The van der Waals surface area contributed by atoms with Crippen LogP contribution in [0.1, 0.15) is 27.9 Å². The number of guanidine groups is 1. The summed E-state index contributed by atoms with van der Waals surface area (Å²) in [6.07, 6.45) is 1.86. The lowest BCUT2D eigenvalue weighted by molar-refractivity contribution is 0.180. The predicted octanol–water partition coefficient (Wildman–Crippen LogP) is 4.28. The fraction of sp³-hybridized carbons (Fsp3) is 0.286. The number of halogens is 1. The summed E-state index contributed by atoms with van der Waals surface area (Å²) in [5, 5.41) is 19.1. The maximum Gasteiger partial charge on any atom is 0.191 e. The summed E-state index contributed by atoms with van der Waals surface area (Å²) >= 11 is 1.68. The van der Waals surface area contributed by atoms with Crippen molar-refractivity contribution in [2.24, 2.45) is 4.99 Å². The fourth-order valence-corrected chi connectivity index (χ4v) is 3.31. The van der Waals surface area contributed by atoms with E-state index in [0.717, 1.165) is 23.3 Å². The van der Waals surface area contributed by atoms with Crippen LogP contribution in [-0.4, -0.2) is 24.2 Å². The number of furan rings is 1. The van der Waals surface area contributed by atoms with E-state index in [1.165, 1.54) is 4.88 Å². The number of aliphatic hydroxyl groups is 1. The second kappa shape index (κ2) is 11.9. The topological polar surface area (TPSA) is 69.8 Å². The number of aryl methyl sites for hydroxylation is 1. The molecule has 0 aliphatic rings. The van der Waals surface area contributed by atoms with Gasteiger partial charge in [0.25, 0.3) is 0 Å². The van der Waals surface area contributed by atoms with Crippen molar-refractivity contribution in [1.82, 2.24) is 10.6 Å². The molecule has 3 N–H and O–H groups in total. The first-order chi connectivity index (χ1) is 13.2. The molecule has 1 atom stereocenters. The lowest BCUT2D eigenvalue weighted by atomic mass is 10.1. The highest BCUT2D eigenvalue weighted by Crippen LogP contribution is 2.13. The third-order valence-corrected chi connectivity index (χ3v) is 4.97. The van der Waals surface area contributed by atoms with Gasteiger partial charge in [-0.1, -0.05) is 35.9 Å². The number of nitrogens with one attached hydrogen (secondary N) is 2. The van der Waals surface area contributed by atoms with Crippen molar-refractivity contribution >= 4 is 41.3 Å². The Hall–Kier alpha value is -1.84. The Morgan fingerprint density at radius 1 is 1.18 bits per heavy atom. The van der Waals surface area contributed by atoms with E-state index in [1.54, 1.807) is 17.6 Å². The van der Waals surface area contributed by atoms with Gasteiger partial charge in [0.15, 0.2) is 5.96 Å². The summed E-state index contributed by atoms with van der Waals surface area (Å²) in [5.41, 5.74) is 2.03. The van der Waals surface area contributed by atoms with Crippen molar-refractivity contribution in [3.63, 3.8) is 0 Å². The van der Waals surface area contributed by atoms with Crippen LogP contribution in [0.2, 0.25) is 0 Å². The quantitative estimate of drug-likeness (QED) is 0.240. The Balaban J connectivity index is 0.00000280. The second-order valence-electron chi connectivity index (χ2n) is 6.31. The van der Waals surface area contributed by atoms with Gasteiger partial charge in [-0.15, -0.1) is 35.3 Å². The molecule has 0 aliphatic heterocycles. The van der Waals surface area contributed by atoms with Crippen molar-refractivity contribution in [3.8, 4) is 0 Å². The zero-order valence-corrected chi connectivity index (χ0v) is 18.9. The van der Waals surface area contributed by atoms with Crippen LogP contribution in [0.3, 0.4) is 0 Å². The molecule has 0 bridgehead atoms. The van der Waals surface area contributed by atoms with Gasteiger partial charge < -0.3 is 20.2 Å². The van der Waals surface area contributed by atoms with E-state index in [4.69, 9.17) is 4.42 Å². The number of aliphatic imine (C=N–C) groups is 1. The van der Waals surface area contributed by atoms with Gasteiger partial charge in [0.2, 0.25) is 0 Å². The molecule has 7 heteroatoms. The highest BCUT2D eigenvalue weighted by Gasteiger charge is 2.09. The highest BCUT2D eigenvalue weighted by molar-refractivity contribution is 14.0. The molecule has 1 unspecified atom stereocenters. The third kappa shape index (κ3) is 7.29. The Labute approximate surface area is 186 Å². The van der Waals surface area contributed by atoms with Crippen molar-refractivity contribution < 1.29 is 9.52 Å². The van der Waals surface area contributed by atoms with E-state index in [-0.39, 0.29) is 24.0 Å². The molecule has 0 spiro atoms. The molecule has 2 aromatic heterocycles. The van der Waals surface area contributed by atoms with Crippen molar-refractivity contribution in [3.05, 3.63) is 81.9 Å². The van der Waals surface area contributed by atoms with E-state index in [2.05, 4.69) is 21.7 Å². The van der Waals surface area contributed by atoms with Gasteiger partial charge in [-0.2, -0.15) is 0 Å². The summed E-state index contributed by atoms with van der Waals surface area (Å²) < 4.78 is 5.36. The van der Waals surface area contributed by atoms with E-state index >= 15 is 0 Å². The molecule has 0 fully saturated rings. The Morgan fingerprint density at radius 3 is 2.79 bits per heavy atom. The van der Waals surface area contributed by atoms with Crippen molar-refractivity contribution in [2.45, 2.75) is 26.0 Å². The summed E-state index contributed by atoms with van der Waals surface area (Å²) in [4.78, 5) is 5.83. The molecule has 5 nitrogen and oxygen atoms in total. The maximum atomic E-state index is 10.5. The highest BCUT2D eigenvalue weighted by atomic mass is 127. The number of rotatable bonds is 8. The van der Waals surface area contributed by atoms with Crippen molar-refractivity contribution in [1.29, 1.82) is 0 Å². The Kier molecular flexibility index (Phi) is 9.52. The SMILES string of the molecule is Cc1cccc(C(O)CNC(=NCc2cccs2)NCCc2ccco2)c1.I. The zero-order valence-electron chi connectivity index (χ0n) is 15.8. The van der Waals surface area contributed by atoms with Gasteiger partial charge in [-0.3, -0.25) is 0 Å². The lowest BCUT2D eigenvalue weighted by Crippen LogP contribution is -2.40. The minimum Gasteiger partial charge on any atom is -0.469 e. The summed E-state index contributed by atoms with van der Waals surface area (Å²) in [6.45, 7) is 3.72. The molecule has 1 aromatic carbocycles. The number of thiophene rings is 1. The van der Waals surface area contributed by atoms with Gasteiger partial charge in [0.1, 0.15) is 5.76 Å². The van der Waals surface area contributed by atoms with Crippen LogP contribution in [0.4, 0.5) is 0 Å². The van der Waals surface area contributed by atoms with Crippen molar-refractivity contribution in [2.75, 3.05) is 13.1 Å². The third-order valence-electron chi connectivity index (χ3n) is 4.11. The fourth-order valence-electron chi connectivity index (χ4n) is 2.68. The average Bonchev–Trinajstić information content (AvgIpc) is 3.37. The van der Waals surface area contributed by atoms with Crippen LogP contribution in [0.5, 0.6) is 0 Å². The normalized spacial score (nSPS) is 12.3. The Bertz CT molecular complexity index is 835. The molecule has 150 valence electrons. The molecule has 28 heavy (non-hydrogen) atoms. The van der Waals surface area contributed by atoms with Gasteiger partial charge >= 0.3 is 0 Å². The second-order valence-corrected chi connectivity index (χ2v) is 7.34. The number of benzene rings is 1. The molecule has 0 saturated heterocycles. The molecule has 0 aliphatic carbocycles. The van der Waals surface area contributed by atoms with E-state index in [9.17, 15) is 5.11 Å². The Morgan fingerprint density at radius 2 is 2.07 bits per heavy atom.